The zero-order valence-corrected chi connectivity index (χ0v) is 9.41. The molecule has 0 unspecified atom stereocenters. The Morgan fingerprint density at radius 1 is 1.21 bits per heavy atom. The Labute approximate surface area is 95.2 Å². The van der Waals surface area contributed by atoms with Crippen LogP contribution in [0.25, 0.3) is 20.6 Å². The molecule has 1 nitrogen and oxygen atoms in total. The molecule has 1 heterocycles. The van der Waals surface area contributed by atoms with Crippen LogP contribution in [0.15, 0.2) is 34.8 Å². The van der Waals surface area contributed by atoms with Gasteiger partial charge in [-0.05, 0) is 12.1 Å². The van der Waals surface area contributed by atoms with Crippen LogP contribution in [-0.4, -0.2) is 0 Å². The zero-order valence-electron chi connectivity index (χ0n) is 7.25. The lowest BCUT2D eigenvalue weighted by Crippen LogP contribution is -1.81. The maximum absolute atomic E-state index is 5.74. The summed E-state index contributed by atoms with van der Waals surface area (Å²) in [5.41, 5.74) is 2.11. The van der Waals surface area contributed by atoms with Crippen molar-refractivity contribution in [2.75, 3.05) is 0 Å². The highest BCUT2D eigenvalue weighted by Crippen LogP contribution is 2.36. The van der Waals surface area contributed by atoms with Gasteiger partial charge in [-0.25, -0.2) is 0 Å². The summed E-state index contributed by atoms with van der Waals surface area (Å²) in [6.07, 6.45) is 7.11. The molecule has 0 amide bonds. The van der Waals surface area contributed by atoms with E-state index in [1.165, 1.54) is 10.9 Å². The predicted octanol–water partition coefficient (Wildman–Crippen LogP) is 4.04. The average molecular weight is 293 g/mol. The van der Waals surface area contributed by atoms with Gasteiger partial charge in [0.15, 0.2) is 5.58 Å². The van der Waals surface area contributed by atoms with Gasteiger partial charge in [0.05, 0.1) is 17.5 Å². The van der Waals surface area contributed by atoms with Gasteiger partial charge in [0.1, 0.15) is 11.6 Å². The van der Waals surface area contributed by atoms with E-state index < -0.39 is 0 Å². The average Bonchev–Trinajstić information content (AvgIpc) is 2.59. The fourth-order valence-electron chi connectivity index (χ4n) is 1.66. The van der Waals surface area contributed by atoms with E-state index in [9.17, 15) is 0 Å². The van der Waals surface area contributed by atoms with Crippen molar-refractivity contribution in [1.82, 2.24) is 0 Å². The van der Waals surface area contributed by atoms with Crippen molar-refractivity contribution in [3.8, 4) is 0 Å². The van der Waals surface area contributed by atoms with Crippen LogP contribution in [0.1, 0.15) is 11.3 Å². The number of fused-ring (bicyclic) bond motifs is 3. The Kier molecular flexibility index (Phi) is 1.72. The molecule has 0 aliphatic heterocycles. The Morgan fingerprint density at radius 3 is 3.00 bits per heavy atom. The van der Waals surface area contributed by atoms with E-state index in [1.807, 2.05) is 30.4 Å². The van der Waals surface area contributed by atoms with Crippen LogP contribution < -0.4 is 0 Å². The summed E-state index contributed by atoms with van der Waals surface area (Å²) in [6.45, 7) is 0. The standard InChI is InChI=1S/C12H6IO/c13-10-6-3-5-9-8-4-1-2-7-11(8)14-12(9)10/h1-5,7H/q+1. The lowest BCUT2D eigenvalue weighted by molar-refractivity contribution is 0.602. The number of benzene rings is 1. The topological polar surface area (TPSA) is 13.1 Å². The molecule has 0 N–H and O–H groups in total. The summed E-state index contributed by atoms with van der Waals surface area (Å²) < 4.78 is 6.78. The van der Waals surface area contributed by atoms with Crippen molar-refractivity contribution in [3.63, 3.8) is 0 Å². The highest BCUT2D eigenvalue weighted by atomic mass is 127. The van der Waals surface area contributed by atoms with E-state index >= 15 is 0 Å². The van der Waals surface area contributed by atoms with Gasteiger partial charge >= 0.3 is 0 Å². The van der Waals surface area contributed by atoms with Gasteiger partial charge < -0.3 is 4.42 Å². The maximum atomic E-state index is 5.74. The summed E-state index contributed by atoms with van der Waals surface area (Å²) in [7, 11) is 0. The first kappa shape index (κ1) is 8.21. The van der Waals surface area contributed by atoms with Gasteiger partial charge in [0.25, 0.3) is 5.76 Å². The van der Waals surface area contributed by atoms with Crippen LogP contribution in [0.4, 0.5) is 0 Å². The Balaban J connectivity index is 2.46. The van der Waals surface area contributed by atoms with Crippen molar-refractivity contribution >= 4 is 43.2 Å². The molecule has 2 aromatic rings. The number of para-hydroxylation sites is 1. The van der Waals surface area contributed by atoms with E-state index in [2.05, 4.69) is 34.7 Å². The number of hydrogen-bond acceptors (Lipinski definition) is 1. The van der Waals surface area contributed by atoms with Crippen LogP contribution in [0, 0.1) is 6.08 Å². The predicted molar refractivity (Wildman–Crippen MR) is 65.9 cm³/mol. The molecular weight excluding hydrogens is 287 g/mol. The van der Waals surface area contributed by atoms with E-state index in [4.69, 9.17) is 4.42 Å². The number of hydrogen-bond donors (Lipinski definition) is 0. The van der Waals surface area contributed by atoms with Crippen molar-refractivity contribution < 1.29 is 4.42 Å². The van der Waals surface area contributed by atoms with Gasteiger partial charge in [0.2, 0.25) is 3.58 Å². The molecule has 0 atom stereocenters. The number of allylic oxidation sites excluding steroid dienone is 2. The number of halogens is 1. The molecule has 1 aliphatic carbocycles. The highest BCUT2D eigenvalue weighted by Gasteiger charge is 2.24. The van der Waals surface area contributed by atoms with E-state index in [0.29, 0.717) is 0 Å². The summed E-state index contributed by atoms with van der Waals surface area (Å²) >= 11 is 2.24. The fourth-order valence-corrected chi connectivity index (χ4v) is 2.24. The third kappa shape index (κ3) is 1.04. The minimum Gasteiger partial charge on any atom is -0.395 e. The molecule has 1 aromatic heterocycles. The summed E-state index contributed by atoms with van der Waals surface area (Å²) in [6, 6.07) is 8.09. The lowest BCUT2D eigenvalue weighted by Gasteiger charge is -1.89. The number of furan rings is 1. The van der Waals surface area contributed by atoms with Crippen LogP contribution in [0.3, 0.4) is 0 Å². The van der Waals surface area contributed by atoms with Crippen molar-refractivity contribution in [2.45, 2.75) is 0 Å². The molecule has 1 aromatic carbocycles. The molecule has 1 aliphatic rings. The monoisotopic (exact) mass is 293 g/mol. The second-order valence-corrected chi connectivity index (χ2v) is 4.21. The molecule has 0 bridgehead atoms. The second-order valence-electron chi connectivity index (χ2n) is 3.13. The Hall–Kier alpha value is -1.12. The molecule has 2 heteroatoms. The summed E-state index contributed by atoms with van der Waals surface area (Å²) in [5, 5.41) is 1.18. The zero-order chi connectivity index (χ0) is 9.54. The first-order chi connectivity index (χ1) is 6.86. The van der Waals surface area contributed by atoms with Crippen LogP contribution in [0.2, 0.25) is 0 Å². The smallest absolute Gasteiger partial charge is 0.263 e. The van der Waals surface area contributed by atoms with Crippen molar-refractivity contribution in [2.24, 2.45) is 0 Å². The lowest BCUT2D eigenvalue weighted by atomic mass is 10.1. The third-order valence-electron chi connectivity index (χ3n) is 2.29. The van der Waals surface area contributed by atoms with Gasteiger partial charge in [-0.3, -0.25) is 0 Å². The van der Waals surface area contributed by atoms with Crippen LogP contribution >= 0.6 is 22.6 Å². The largest absolute Gasteiger partial charge is 0.395 e. The van der Waals surface area contributed by atoms with Crippen molar-refractivity contribution in [1.29, 1.82) is 0 Å². The fraction of sp³-hybridized carbons (Fsp3) is 0. The molecule has 0 fully saturated rings. The van der Waals surface area contributed by atoms with Gasteiger partial charge in [0, 0.05) is 22.6 Å². The molecule has 14 heavy (non-hydrogen) atoms. The maximum Gasteiger partial charge on any atom is 0.263 e. The van der Waals surface area contributed by atoms with E-state index in [1.54, 1.807) is 0 Å². The second kappa shape index (κ2) is 2.94. The molecule has 0 saturated heterocycles. The molecular formula is C12H6IO+. The Morgan fingerprint density at radius 2 is 2.07 bits per heavy atom. The van der Waals surface area contributed by atoms with Gasteiger partial charge in [-0.15, -0.1) is 0 Å². The van der Waals surface area contributed by atoms with Crippen LogP contribution in [-0.2, 0) is 0 Å². The minimum absolute atomic E-state index is 0.939. The first-order valence-corrected chi connectivity index (χ1v) is 5.41. The normalized spacial score (nSPS) is 13.6. The van der Waals surface area contributed by atoms with Gasteiger partial charge in [-0.1, -0.05) is 12.1 Å². The summed E-state index contributed by atoms with van der Waals surface area (Å²) in [4.78, 5) is 0. The minimum atomic E-state index is 0.939. The molecule has 0 spiro atoms. The molecule has 66 valence electrons. The van der Waals surface area contributed by atoms with Crippen molar-refractivity contribution in [3.05, 3.63) is 47.7 Å². The Bertz CT molecular complexity index is 561. The quantitative estimate of drug-likeness (QED) is 0.528. The van der Waals surface area contributed by atoms with E-state index in [-0.39, 0.29) is 0 Å². The SMILES string of the molecule is IC1=[C+]C=Cc2c1oc1ccccc21. The highest BCUT2D eigenvalue weighted by molar-refractivity contribution is 14.1. The molecule has 0 saturated carbocycles. The molecule has 3 rings (SSSR count). The third-order valence-corrected chi connectivity index (χ3v) is 3.09. The summed E-state index contributed by atoms with van der Waals surface area (Å²) in [5.74, 6) is 0.939. The van der Waals surface area contributed by atoms with Gasteiger partial charge in [-0.2, -0.15) is 0 Å². The van der Waals surface area contributed by atoms with Crippen LogP contribution in [0.5, 0.6) is 0 Å². The first-order valence-electron chi connectivity index (χ1n) is 4.34. The van der Waals surface area contributed by atoms with E-state index in [0.717, 1.165) is 14.9 Å². The number of rotatable bonds is 0. The molecule has 0 radical (unpaired) electrons.